The third-order valence-corrected chi connectivity index (χ3v) is 3.69. The molecular formula is C20H18FN3O2. The number of halogens is 1. The van der Waals surface area contributed by atoms with E-state index in [2.05, 4.69) is 15.6 Å². The van der Waals surface area contributed by atoms with Gasteiger partial charge in [-0.3, -0.25) is 4.79 Å². The highest BCUT2D eigenvalue weighted by Crippen LogP contribution is 2.17. The van der Waals surface area contributed by atoms with Crippen molar-refractivity contribution in [3.05, 3.63) is 78.2 Å². The lowest BCUT2D eigenvalue weighted by Crippen LogP contribution is -2.14. The third kappa shape index (κ3) is 4.80. The van der Waals surface area contributed by atoms with Crippen LogP contribution in [-0.2, 0) is 11.2 Å². The number of hydrogen-bond donors (Lipinski definition) is 2. The van der Waals surface area contributed by atoms with Crippen molar-refractivity contribution in [2.45, 2.75) is 6.42 Å². The van der Waals surface area contributed by atoms with Gasteiger partial charge in [-0.2, -0.15) is 0 Å². The van der Waals surface area contributed by atoms with Gasteiger partial charge in [0.05, 0.1) is 25.4 Å². The van der Waals surface area contributed by atoms with Crippen molar-refractivity contribution in [2.75, 3.05) is 17.7 Å². The first-order chi connectivity index (χ1) is 12.6. The van der Waals surface area contributed by atoms with Gasteiger partial charge in [0.25, 0.3) is 0 Å². The largest absolute Gasteiger partial charge is 0.497 e. The van der Waals surface area contributed by atoms with Gasteiger partial charge < -0.3 is 15.4 Å². The minimum absolute atomic E-state index is 0.129. The van der Waals surface area contributed by atoms with Crippen molar-refractivity contribution in [2.24, 2.45) is 0 Å². The van der Waals surface area contributed by atoms with Crippen LogP contribution in [0.1, 0.15) is 5.56 Å². The fourth-order valence-electron chi connectivity index (χ4n) is 2.36. The Kier molecular flexibility index (Phi) is 5.43. The topological polar surface area (TPSA) is 63.2 Å². The number of nitrogens with zero attached hydrogens (tertiary/aromatic N) is 1. The number of rotatable bonds is 6. The average Bonchev–Trinajstić information content (AvgIpc) is 2.66. The Bertz CT molecular complexity index is 863. The summed E-state index contributed by atoms with van der Waals surface area (Å²) in [6.45, 7) is 0. The minimum atomic E-state index is -0.293. The minimum Gasteiger partial charge on any atom is -0.497 e. The number of benzene rings is 2. The lowest BCUT2D eigenvalue weighted by atomic mass is 10.1. The van der Waals surface area contributed by atoms with Crippen LogP contribution < -0.4 is 15.4 Å². The molecule has 6 heteroatoms. The van der Waals surface area contributed by atoms with E-state index >= 15 is 0 Å². The van der Waals surface area contributed by atoms with E-state index in [-0.39, 0.29) is 18.1 Å². The smallest absolute Gasteiger partial charge is 0.228 e. The highest BCUT2D eigenvalue weighted by atomic mass is 19.1. The van der Waals surface area contributed by atoms with Crippen LogP contribution in [0.3, 0.4) is 0 Å². The predicted molar refractivity (Wildman–Crippen MR) is 99.2 cm³/mol. The number of amides is 1. The molecule has 0 aliphatic heterocycles. The highest BCUT2D eigenvalue weighted by Gasteiger charge is 2.05. The van der Waals surface area contributed by atoms with Gasteiger partial charge in [-0.1, -0.05) is 12.1 Å². The highest BCUT2D eigenvalue weighted by molar-refractivity contribution is 5.92. The van der Waals surface area contributed by atoms with E-state index in [0.29, 0.717) is 11.5 Å². The van der Waals surface area contributed by atoms with Gasteiger partial charge >= 0.3 is 0 Å². The quantitative estimate of drug-likeness (QED) is 0.700. The summed E-state index contributed by atoms with van der Waals surface area (Å²) in [6.07, 6.45) is 1.83. The molecule has 1 amide bonds. The first-order valence-electron chi connectivity index (χ1n) is 8.04. The zero-order valence-electron chi connectivity index (χ0n) is 14.2. The monoisotopic (exact) mass is 351 g/mol. The molecule has 0 spiro atoms. The summed E-state index contributed by atoms with van der Waals surface area (Å²) in [6, 6.07) is 16.8. The Labute approximate surface area is 150 Å². The van der Waals surface area contributed by atoms with Crippen molar-refractivity contribution < 1.29 is 13.9 Å². The Morgan fingerprint density at radius 3 is 2.31 bits per heavy atom. The Morgan fingerprint density at radius 2 is 1.69 bits per heavy atom. The zero-order valence-corrected chi connectivity index (χ0v) is 14.2. The van der Waals surface area contributed by atoms with E-state index in [1.54, 1.807) is 37.6 Å². The molecular weight excluding hydrogens is 333 g/mol. The number of hydrogen-bond acceptors (Lipinski definition) is 4. The second-order valence-electron chi connectivity index (χ2n) is 5.64. The van der Waals surface area contributed by atoms with Gasteiger partial charge in [-0.25, -0.2) is 9.37 Å². The van der Waals surface area contributed by atoms with Crippen LogP contribution >= 0.6 is 0 Å². The van der Waals surface area contributed by atoms with Crippen molar-refractivity contribution >= 4 is 23.1 Å². The maximum Gasteiger partial charge on any atom is 0.228 e. The summed E-state index contributed by atoms with van der Waals surface area (Å²) >= 11 is 0. The lowest BCUT2D eigenvalue weighted by molar-refractivity contribution is -0.115. The fourth-order valence-corrected chi connectivity index (χ4v) is 2.36. The van der Waals surface area contributed by atoms with E-state index in [0.717, 1.165) is 17.0 Å². The number of anilines is 3. The van der Waals surface area contributed by atoms with Crippen molar-refractivity contribution in [1.29, 1.82) is 0 Å². The molecule has 0 radical (unpaired) electrons. The van der Waals surface area contributed by atoms with Gasteiger partial charge in [-0.05, 0) is 54.1 Å². The van der Waals surface area contributed by atoms with Gasteiger partial charge in [0, 0.05) is 5.69 Å². The number of pyridine rings is 1. The number of nitrogens with one attached hydrogen (secondary N) is 2. The van der Waals surface area contributed by atoms with Crippen LogP contribution in [0, 0.1) is 5.82 Å². The first-order valence-corrected chi connectivity index (χ1v) is 8.04. The Balaban J connectivity index is 1.56. The van der Waals surface area contributed by atoms with Gasteiger partial charge in [0.2, 0.25) is 5.91 Å². The summed E-state index contributed by atoms with van der Waals surface area (Å²) in [7, 11) is 1.60. The van der Waals surface area contributed by atoms with Crippen LogP contribution in [0.25, 0.3) is 0 Å². The van der Waals surface area contributed by atoms with E-state index in [4.69, 9.17) is 4.74 Å². The zero-order chi connectivity index (χ0) is 18.4. The van der Waals surface area contributed by atoms with Crippen LogP contribution in [0.2, 0.25) is 0 Å². The summed E-state index contributed by atoms with van der Waals surface area (Å²) in [5, 5.41) is 5.87. The van der Waals surface area contributed by atoms with Crippen molar-refractivity contribution in [1.82, 2.24) is 4.98 Å². The molecule has 0 unspecified atom stereocenters. The number of carbonyl (C=O) groups excluding carboxylic acids is 1. The molecule has 0 atom stereocenters. The first kappa shape index (κ1) is 17.4. The number of carbonyl (C=O) groups is 1. The van der Waals surface area contributed by atoms with Gasteiger partial charge in [0.15, 0.2) is 0 Å². The average molecular weight is 351 g/mol. The van der Waals surface area contributed by atoms with Gasteiger partial charge in [0.1, 0.15) is 17.4 Å². The maximum atomic E-state index is 12.9. The summed E-state index contributed by atoms with van der Waals surface area (Å²) in [5.74, 6) is 0.932. The lowest BCUT2D eigenvalue weighted by Gasteiger charge is -2.08. The number of aromatic nitrogens is 1. The second-order valence-corrected chi connectivity index (χ2v) is 5.64. The maximum absolute atomic E-state index is 12.9. The molecule has 26 heavy (non-hydrogen) atoms. The molecule has 3 aromatic rings. The van der Waals surface area contributed by atoms with E-state index in [9.17, 15) is 9.18 Å². The van der Waals surface area contributed by atoms with Crippen LogP contribution in [0.4, 0.5) is 21.6 Å². The standard InChI is InChI=1S/C20H18FN3O2/c1-26-18-9-2-14(3-10-18)12-20(25)24-17-8-11-19(22-13-17)23-16-6-4-15(21)5-7-16/h2-11,13H,12H2,1H3,(H,22,23)(H,24,25). The Morgan fingerprint density at radius 1 is 1.00 bits per heavy atom. The molecule has 5 nitrogen and oxygen atoms in total. The normalized spacial score (nSPS) is 10.2. The molecule has 1 heterocycles. The van der Waals surface area contributed by atoms with Crippen LogP contribution in [0.15, 0.2) is 66.9 Å². The van der Waals surface area contributed by atoms with Crippen LogP contribution in [0.5, 0.6) is 5.75 Å². The number of ether oxygens (including phenoxy) is 1. The predicted octanol–water partition coefficient (Wildman–Crippen LogP) is 4.15. The molecule has 0 saturated heterocycles. The second kappa shape index (κ2) is 8.11. The molecule has 2 N–H and O–H groups in total. The van der Waals surface area contributed by atoms with E-state index in [1.165, 1.54) is 12.1 Å². The van der Waals surface area contributed by atoms with Crippen molar-refractivity contribution in [3.63, 3.8) is 0 Å². The third-order valence-electron chi connectivity index (χ3n) is 3.69. The summed E-state index contributed by atoms with van der Waals surface area (Å²) in [5.41, 5.74) is 2.23. The van der Waals surface area contributed by atoms with Gasteiger partial charge in [-0.15, -0.1) is 0 Å². The molecule has 0 saturated carbocycles. The molecule has 0 fully saturated rings. The molecule has 0 aliphatic carbocycles. The van der Waals surface area contributed by atoms with E-state index < -0.39 is 0 Å². The summed E-state index contributed by atoms with van der Waals surface area (Å²) < 4.78 is 18.0. The van der Waals surface area contributed by atoms with E-state index in [1.807, 2.05) is 24.3 Å². The molecule has 2 aromatic carbocycles. The molecule has 1 aromatic heterocycles. The number of methoxy groups -OCH3 is 1. The molecule has 132 valence electrons. The Hall–Kier alpha value is -3.41. The summed E-state index contributed by atoms with van der Waals surface area (Å²) in [4.78, 5) is 16.4. The van der Waals surface area contributed by atoms with Crippen LogP contribution in [-0.4, -0.2) is 18.0 Å². The molecule has 0 aliphatic rings. The SMILES string of the molecule is COc1ccc(CC(=O)Nc2ccc(Nc3ccc(F)cc3)nc2)cc1. The molecule has 0 bridgehead atoms. The molecule has 3 rings (SSSR count). The van der Waals surface area contributed by atoms with Crippen molar-refractivity contribution in [3.8, 4) is 5.75 Å². The fraction of sp³-hybridized carbons (Fsp3) is 0.100.